The van der Waals surface area contributed by atoms with Gasteiger partial charge in [0.25, 0.3) is 0 Å². The third-order valence-electron chi connectivity index (χ3n) is 6.66. The minimum absolute atomic E-state index is 0.142. The molecular weight excluding hydrogens is 443 g/mol. The Morgan fingerprint density at radius 3 is 2.38 bits per heavy atom. The lowest BCUT2D eigenvalue weighted by molar-refractivity contribution is 0.564. The molecule has 0 unspecified atom stereocenters. The van der Waals surface area contributed by atoms with Crippen molar-refractivity contribution in [3.8, 4) is 5.69 Å². The lowest BCUT2D eigenvalue weighted by atomic mass is 9.96. The summed E-state index contributed by atoms with van der Waals surface area (Å²) < 4.78 is 16.4. The highest BCUT2D eigenvalue weighted by molar-refractivity contribution is 7.80. The van der Waals surface area contributed by atoms with Crippen LogP contribution in [-0.2, 0) is 0 Å². The number of rotatable bonds is 4. The maximum absolute atomic E-state index is 14.1. The number of nitrogens with zero attached hydrogens (tertiary/aromatic N) is 3. The molecular formula is C28H27FN4S. The molecule has 34 heavy (non-hydrogen) atoms. The minimum atomic E-state index is -0.225. The zero-order chi connectivity index (χ0) is 24.0. The SMILES string of the molecule is Cc1cc(N2C(=S)N[C@H](c3ccccn3)[C@H]2c2cc(C)n(-c3ccccc3C)c2C)ccc1F. The molecule has 2 atom stereocenters. The number of nitrogens with one attached hydrogen (secondary N) is 1. The first kappa shape index (κ1) is 22.3. The molecule has 2 aromatic carbocycles. The summed E-state index contributed by atoms with van der Waals surface area (Å²) in [6.07, 6.45) is 1.80. The monoisotopic (exact) mass is 470 g/mol. The van der Waals surface area contributed by atoms with E-state index >= 15 is 0 Å². The van der Waals surface area contributed by atoms with Crippen molar-refractivity contribution in [2.45, 2.75) is 39.8 Å². The van der Waals surface area contributed by atoms with Gasteiger partial charge in [0.1, 0.15) is 5.82 Å². The van der Waals surface area contributed by atoms with Gasteiger partial charge in [0, 0.05) is 29.0 Å². The zero-order valence-corrected chi connectivity index (χ0v) is 20.5. The number of aromatic nitrogens is 2. The third kappa shape index (κ3) is 3.68. The molecule has 0 saturated carbocycles. The number of halogens is 1. The van der Waals surface area contributed by atoms with E-state index in [-0.39, 0.29) is 17.9 Å². The Hall–Kier alpha value is -3.51. The second kappa shape index (κ2) is 8.69. The average molecular weight is 471 g/mol. The number of para-hydroxylation sites is 1. The van der Waals surface area contributed by atoms with Crippen molar-refractivity contribution in [2.75, 3.05) is 4.90 Å². The summed E-state index contributed by atoms with van der Waals surface area (Å²) in [6.45, 7) is 8.19. The average Bonchev–Trinajstić information content (AvgIpc) is 3.32. The molecule has 1 aliphatic rings. The Morgan fingerprint density at radius 1 is 0.912 bits per heavy atom. The molecule has 172 valence electrons. The van der Waals surface area contributed by atoms with Gasteiger partial charge >= 0.3 is 0 Å². The first-order chi connectivity index (χ1) is 16.4. The highest BCUT2D eigenvalue weighted by Crippen LogP contribution is 2.44. The number of thiocarbonyl (C=S) groups is 1. The molecule has 4 nitrogen and oxygen atoms in total. The van der Waals surface area contributed by atoms with Crippen molar-refractivity contribution in [3.63, 3.8) is 0 Å². The minimum Gasteiger partial charge on any atom is -0.351 e. The smallest absolute Gasteiger partial charge is 0.174 e. The Morgan fingerprint density at radius 2 is 1.68 bits per heavy atom. The molecule has 0 spiro atoms. The van der Waals surface area contributed by atoms with Crippen LogP contribution in [0.15, 0.2) is 72.9 Å². The highest BCUT2D eigenvalue weighted by atomic mass is 32.1. The zero-order valence-electron chi connectivity index (χ0n) is 19.7. The van der Waals surface area contributed by atoms with Gasteiger partial charge in [-0.1, -0.05) is 24.3 Å². The summed E-state index contributed by atoms with van der Waals surface area (Å²) in [5, 5.41) is 4.10. The highest BCUT2D eigenvalue weighted by Gasteiger charge is 2.42. The van der Waals surface area contributed by atoms with Crippen LogP contribution in [0, 0.1) is 33.5 Å². The summed E-state index contributed by atoms with van der Waals surface area (Å²) >= 11 is 5.84. The van der Waals surface area contributed by atoms with Crippen LogP contribution in [0.5, 0.6) is 0 Å². The van der Waals surface area contributed by atoms with E-state index in [2.05, 4.69) is 70.9 Å². The Kier molecular flexibility index (Phi) is 5.70. The van der Waals surface area contributed by atoms with E-state index in [1.165, 1.54) is 11.6 Å². The molecule has 0 aliphatic carbocycles. The van der Waals surface area contributed by atoms with Crippen LogP contribution in [0.3, 0.4) is 0 Å². The molecule has 1 saturated heterocycles. The van der Waals surface area contributed by atoms with Gasteiger partial charge in [0.15, 0.2) is 5.11 Å². The van der Waals surface area contributed by atoms with Crippen LogP contribution in [0.25, 0.3) is 5.69 Å². The van der Waals surface area contributed by atoms with Crippen LogP contribution in [0.4, 0.5) is 10.1 Å². The quantitative estimate of drug-likeness (QED) is 0.349. The van der Waals surface area contributed by atoms with Crippen molar-refractivity contribution < 1.29 is 4.39 Å². The van der Waals surface area contributed by atoms with Crippen LogP contribution in [0.1, 0.15) is 45.9 Å². The second-order valence-corrected chi connectivity index (χ2v) is 9.27. The largest absolute Gasteiger partial charge is 0.351 e. The maximum Gasteiger partial charge on any atom is 0.174 e. The summed E-state index contributed by atoms with van der Waals surface area (Å²) in [6, 6.07) is 21.4. The van der Waals surface area contributed by atoms with E-state index in [4.69, 9.17) is 12.2 Å². The topological polar surface area (TPSA) is 33.1 Å². The second-order valence-electron chi connectivity index (χ2n) is 8.88. The lowest BCUT2D eigenvalue weighted by Crippen LogP contribution is -2.29. The van der Waals surface area contributed by atoms with Gasteiger partial charge in [-0.2, -0.15) is 0 Å². The first-order valence-corrected chi connectivity index (χ1v) is 11.8. The lowest BCUT2D eigenvalue weighted by Gasteiger charge is -2.28. The maximum atomic E-state index is 14.1. The molecule has 1 N–H and O–H groups in total. The van der Waals surface area contributed by atoms with Crippen LogP contribution in [0.2, 0.25) is 0 Å². The van der Waals surface area contributed by atoms with Crippen molar-refractivity contribution in [1.82, 2.24) is 14.9 Å². The van der Waals surface area contributed by atoms with Crippen molar-refractivity contribution in [1.29, 1.82) is 0 Å². The van der Waals surface area contributed by atoms with E-state index in [9.17, 15) is 4.39 Å². The summed E-state index contributed by atoms with van der Waals surface area (Å²) in [4.78, 5) is 6.75. The fraction of sp³-hybridized carbons (Fsp3) is 0.214. The van der Waals surface area contributed by atoms with Gasteiger partial charge in [-0.25, -0.2) is 4.39 Å². The van der Waals surface area contributed by atoms with Gasteiger partial charge in [-0.3, -0.25) is 4.98 Å². The van der Waals surface area contributed by atoms with Crippen molar-refractivity contribution >= 4 is 23.0 Å². The molecule has 0 amide bonds. The van der Waals surface area contributed by atoms with Gasteiger partial charge in [-0.05, 0) is 99.1 Å². The van der Waals surface area contributed by atoms with Crippen LogP contribution >= 0.6 is 12.2 Å². The van der Waals surface area contributed by atoms with E-state index in [0.29, 0.717) is 10.7 Å². The molecule has 3 heterocycles. The van der Waals surface area contributed by atoms with Crippen molar-refractivity contribution in [2.24, 2.45) is 0 Å². The molecule has 4 aromatic rings. The van der Waals surface area contributed by atoms with Crippen molar-refractivity contribution in [3.05, 3.63) is 113 Å². The number of aryl methyl sites for hydroxylation is 3. The predicted octanol–water partition coefficient (Wildman–Crippen LogP) is 6.42. The fourth-order valence-corrected chi connectivity index (χ4v) is 5.35. The Balaban J connectivity index is 1.70. The summed E-state index contributed by atoms with van der Waals surface area (Å²) in [7, 11) is 0. The Bertz CT molecular complexity index is 1380. The van der Waals surface area contributed by atoms with E-state index in [1.54, 1.807) is 19.2 Å². The number of hydrogen-bond acceptors (Lipinski definition) is 2. The summed E-state index contributed by atoms with van der Waals surface area (Å²) in [5.41, 5.74) is 8.19. The fourth-order valence-electron chi connectivity index (χ4n) is 5.00. The van der Waals surface area contributed by atoms with E-state index < -0.39 is 0 Å². The number of benzene rings is 2. The normalized spacial score (nSPS) is 17.8. The molecule has 0 bridgehead atoms. The molecule has 1 fully saturated rings. The Labute approximate surface area is 205 Å². The molecule has 5 rings (SSSR count). The predicted molar refractivity (Wildman–Crippen MR) is 139 cm³/mol. The molecule has 0 radical (unpaired) electrons. The number of pyridine rings is 1. The van der Waals surface area contributed by atoms with E-state index in [0.717, 1.165) is 34.0 Å². The van der Waals surface area contributed by atoms with Gasteiger partial charge in [0.2, 0.25) is 0 Å². The van der Waals surface area contributed by atoms with Gasteiger partial charge in [0.05, 0.1) is 17.8 Å². The molecule has 2 aromatic heterocycles. The standard InChI is InChI=1S/C28H27FN4S/c1-17-9-5-6-11-25(17)32-19(3)16-22(20(32)4)27-26(24-10-7-8-14-30-24)31-28(34)33(27)21-12-13-23(29)18(2)15-21/h5-16,26-27H,1-4H3,(H,31,34)/t26-,27-/m1/s1. The molecule has 6 heteroatoms. The first-order valence-electron chi connectivity index (χ1n) is 11.4. The van der Waals surface area contributed by atoms with E-state index in [1.807, 2.05) is 24.3 Å². The third-order valence-corrected chi connectivity index (χ3v) is 6.98. The molecule has 1 aliphatic heterocycles. The van der Waals surface area contributed by atoms with Gasteiger partial charge < -0.3 is 14.8 Å². The van der Waals surface area contributed by atoms with Crippen LogP contribution < -0.4 is 10.2 Å². The number of anilines is 1. The van der Waals surface area contributed by atoms with Gasteiger partial charge in [-0.15, -0.1) is 0 Å². The summed E-state index contributed by atoms with van der Waals surface area (Å²) in [5.74, 6) is -0.225. The van der Waals surface area contributed by atoms with Crippen LogP contribution in [-0.4, -0.2) is 14.7 Å². The number of hydrogen-bond donors (Lipinski definition) is 1.